The minimum absolute atomic E-state index is 0.0827. The molecule has 0 aromatic heterocycles. The summed E-state index contributed by atoms with van der Waals surface area (Å²) in [7, 11) is 1.65. The van der Waals surface area contributed by atoms with Gasteiger partial charge in [0.1, 0.15) is 5.75 Å². The molecule has 0 saturated carbocycles. The Bertz CT molecular complexity index is 866. The van der Waals surface area contributed by atoms with E-state index in [0.29, 0.717) is 19.0 Å². The fourth-order valence-electron chi connectivity index (χ4n) is 3.19. The highest BCUT2D eigenvalue weighted by Crippen LogP contribution is 2.13. The molecule has 0 amide bonds. The number of ether oxygens (including phenoxy) is 2. The highest BCUT2D eigenvalue weighted by molar-refractivity contribution is 5.79. The number of nitrogens with one attached hydrogen (secondary N) is 2. The van der Waals surface area contributed by atoms with Crippen LogP contribution >= 0.6 is 0 Å². The predicted molar refractivity (Wildman–Crippen MR) is 119 cm³/mol. The molecule has 0 aliphatic carbocycles. The van der Waals surface area contributed by atoms with E-state index in [2.05, 4.69) is 15.5 Å². The third-order valence-electron chi connectivity index (χ3n) is 4.99. The Labute approximate surface area is 182 Å². The Morgan fingerprint density at radius 2 is 1.94 bits per heavy atom. The van der Waals surface area contributed by atoms with Crippen molar-refractivity contribution in [2.75, 3.05) is 46.5 Å². The van der Waals surface area contributed by atoms with E-state index in [4.69, 9.17) is 14.5 Å². The van der Waals surface area contributed by atoms with Crippen LogP contribution in [-0.2, 0) is 17.8 Å². The average molecular weight is 428 g/mol. The number of hydrogen-bond donors (Lipinski definition) is 2. The zero-order valence-electron chi connectivity index (χ0n) is 17.8. The summed E-state index contributed by atoms with van der Waals surface area (Å²) in [5.74, 6) is 1.49. The minimum Gasteiger partial charge on any atom is -0.497 e. The number of aliphatic imine (C=N–C) groups is 1. The summed E-state index contributed by atoms with van der Waals surface area (Å²) in [6.07, 6.45) is 0. The molecule has 1 aliphatic heterocycles. The van der Waals surface area contributed by atoms with Gasteiger partial charge in [-0.25, -0.2) is 4.99 Å². The van der Waals surface area contributed by atoms with Crippen LogP contribution in [0.4, 0.5) is 5.69 Å². The third-order valence-corrected chi connectivity index (χ3v) is 4.99. The molecular formula is C22H29N5O4. The van der Waals surface area contributed by atoms with Gasteiger partial charge in [-0.3, -0.25) is 15.0 Å². The van der Waals surface area contributed by atoms with Crippen LogP contribution in [0, 0.1) is 10.1 Å². The molecular weight excluding hydrogens is 398 g/mol. The topological polar surface area (TPSA) is 101 Å². The second-order valence-electron chi connectivity index (χ2n) is 7.17. The van der Waals surface area contributed by atoms with Crippen LogP contribution in [0.2, 0.25) is 0 Å². The molecule has 0 bridgehead atoms. The zero-order chi connectivity index (χ0) is 21.9. The molecule has 3 rings (SSSR count). The van der Waals surface area contributed by atoms with Crippen LogP contribution in [0.3, 0.4) is 0 Å². The lowest BCUT2D eigenvalue weighted by Gasteiger charge is -2.26. The van der Waals surface area contributed by atoms with Crippen molar-refractivity contribution >= 4 is 11.6 Å². The predicted octanol–water partition coefficient (Wildman–Crippen LogP) is 2.17. The van der Waals surface area contributed by atoms with E-state index < -0.39 is 4.92 Å². The third kappa shape index (κ3) is 7.54. The molecule has 0 spiro atoms. The van der Waals surface area contributed by atoms with E-state index in [0.717, 1.165) is 56.3 Å². The van der Waals surface area contributed by atoms with E-state index in [9.17, 15) is 10.1 Å². The normalized spacial score (nSPS) is 14.8. The summed E-state index contributed by atoms with van der Waals surface area (Å²) in [5, 5.41) is 17.5. The summed E-state index contributed by atoms with van der Waals surface area (Å²) >= 11 is 0. The first-order valence-corrected chi connectivity index (χ1v) is 10.3. The fourth-order valence-corrected chi connectivity index (χ4v) is 3.19. The number of nitrogens with zero attached hydrogens (tertiary/aromatic N) is 3. The standard InChI is InChI=1S/C22H29N5O4/c1-30-21-4-2-3-19(15-21)17-25-22(23-9-10-26-11-13-31-14-12-26)24-16-18-5-7-20(8-6-18)27(28)29/h2-8,15H,9-14,16-17H2,1H3,(H2,23,24,25). The number of methoxy groups -OCH3 is 1. The number of hydrogen-bond acceptors (Lipinski definition) is 6. The van der Waals surface area contributed by atoms with Crippen LogP contribution in [-0.4, -0.2) is 62.3 Å². The largest absolute Gasteiger partial charge is 0.497 e. The Morgan fingerprint density at radius 3 is 2.65 bits per heavy atom. The quantitative estimate of drug-likeness (QED) is 0.274. The van der Waals surface area contributed by atoms with E-state index >= 15 is 0 Å². The first-order valence-electron chi connectivity index (χ1n) is 10.3. The van der Waals surface area contributed by atoms with E-state index in [1.165, 1.54) is 12.1 Å². The summed E-state index contributed by atoms with van der Waals surface area (Å²) in [5.41, 5.74) is 2.07. The van der Waals surface area contributed by atoms with Gasteiger partial charge in [0.15, 0.2) is 5.96 Å². The molecule has 9 heteroatoms. The maximum atomic E-state index is 10.8. The second kappa shape index (κ2) is 11.9. The van der Waals surface area contributed by atoms with Gasteiger partial charge in [-0.2, -0.15) is 0 Å². The molecule has 2 aromatic rings. The molecule has 0 unspecified atom stereocenters. The van der Waals surface area contributed by atoms with Crippen molar-refractivity contribution in [2.24, 2.45) is 4.99 Å². The Hall–Kier alpha value is -3.17. The molecule has 1 fully saturated rings. The number of morpholine rings is 1. The monoisotopic (exact) mass is 427 g/mol. The van der Waals surface area contributed by atoms with Gasteiger partial charge in [0.2, 0.25) is 0 Å². The van der Waals surface area contributed by atoms with Gasteiger partial charge in [0.25, 0.3) is 5.69 Å². The number of nitro groups is 1. The lowest BCUT2D eigenvalue weighted by molar-refractivity contribution is -0.384. The van der Waals surface area contributed by atoms with Crippen molar-refractivity contribution in [3.8, 4) is 5.75 Å². The molecule has 9 nitrogen and oxygen atoms in total. The van der Waals surface area contributed by atoms with Gasteiger partial charge < -0.3 is 20.1 Å². The SMILES string of the molecule is COc1cccc(CN=C(NCCN2CCOCC2)NCc2ccc([N+](=O)[O-])cc2)c1. The van der Waals surface area contributed by atoms with Gasteiger partial charge in [0, 0.05) is 44.9 Å². The van der Waals surface area contributed by atoms with Crippen molar-refractivity contribution in [1.82, 2.24) is 15.5 Å². The molecule has 0 radical (unpaired) electrons. The minimum atomic E-state index is -0.397. The molecule has 2 aromatic carbocycles. The lowest BCUT2D eigenvalue weighted by atomic mass is 10.2. The summed E-state index contributed by atoms with van der Waals surface area (Å²) < 4.78 is 10.7. The number of rotatable bonds is 9. The van der Waals surface area contributed by atoms with Crippen molar-refractivity contribution in [1.29, 1.82) is 0 Å². The number of benzene rings is 2. The first kappa shape index (κ1) is 22.5. The molecule has 1 heterocycles. The van der Waals surface area contributed by atoms with Crippen molar-refractivity contribution < 1.29 is 14.4 Å². The highest BCUT2D eigenvalue weighted by Gasteiger charge is 2.10. The maximum absolute atomic E-state index is 10.8. The average Bonchev–Trinajstić information content (AvgIpc) is 2.81. The number of nitro benzene ring substituents is 1. The Balaban J connectivity index is 1.59. The van der Waals surface area contributed by atoms with Crippen molar-refractivity contribution in [3.05, 3.63) is 69.8 Å². The van der Waals surface area contributed by atoms with Crippen LogP contribution < -0.4 is 15.4 Å². The number of non-ortho nitro benzene ring substituents is 1. The summed E-state index contributed by atoms with van der Waals surface area (Å²) in [6, 6.07) is 14.3. The van der Waals surface area contributed by atoms with Gasteiger partial charge >= 0.3 is 0 Å². The van der Waals surface area contributed by atoms with Crippen molar-refractivity contribution in [2.45, 2.75) is 13.1 Å². The summed E-state index contributed by atoms with van der Waals surface area (Å²) in [4.78, 5) is 17.5. The molecule has 31 heavy (non-hydrogen) atoms. The molecule has 166 valence electrons. The van der Waals surface area contributed by atoms with Gasteiger partial charge in [-0.05, 0) is 23.3 Å². The van der Waals surface area contributed by atoms with Crippen LogP contribution in [0.5, 0.6) is 5.75 Å². The van der Waals surface area contributed by atoms with Gasteiger partial charge in [0.05, 0.1) is 31.8 Å². The smallest absolute Gasteiger partial charge is 0.269 e. The lowest BCUT2D eigenvalue weighted by Crippen LogP contribution is -2.44. The van der Waals surface area contributed by atoms with Gasteiger partial charge in [-0.1, -0.05) is 24.3 Å². The van der Waals surface area contributed by atoms with Crippen LogP contribution in [0.1, 0.15) is 11.1 Å². The maximum Gasteiger partial charge on any atom is 0.269 e. The highest BCUT2D eigenvalue weighted by atomic mass is 16.6. The van der Waals surface area contributed by atoms with Gasteiger partial charge in [-0.15, -0.1) is 0 Å². The molecule has 1 saturated heterocycles. The Kier molecular flexibility index (Phi) is 8.62. The van der Waals surface area contributed by atoms with E-state index in [1.54, 1.807) is 19.2 Å². The van der Waals surface area contributed by atoms with Crippen LogP contribution in [0.15, 0.2) is 53.5 Å². The molecule has 1 aliphatic rings. The molecule has 0 atom stereocenters. The van der Waals surface area contributed by atoms with E-state index in [1.807, 2.05) is 24.3 Å². The van der Waals surface area contributed by atoms with Crippen LogP contribution in [0.25, 0.3) is 0 Å². The number of guanidine groups is 1. The summed E-state index contributed by atoms with van der Waals surface area (Å²) in [6.45, 7) is 6.10. The fraction of sp³-hybridized carbons (Fsp3) is 0.409. The molecule has 2 N–H and O–H groups in total. The second-order valence-corrected chi connectivity index (χ2v) is 7.17. The first-order chi connectivity index (χ1) is 15.1. The van der Waals surface area contributed by atoms with E-state index in [-0.39, 0.29) is 5.69 Å². The van der Waals surface area contributed by atoms with Crippen molar-refractivity contribution in [3.63, 3.8) is 0 Å². The zero-order valence-corrected chi connectivity index (χ0v) is 17.8. The Morgan fingerprint density at radius 1 is 1.16 bits per heavy atom.